The number of rotatable bonds is 7. The standard InChI is InChI=1S/C16H19N3O2/c1-2-3-7-15(18-11-20)16(21)19-14-9-10-17-13-8-5-4-6-12(13)14/h4-6,8-11,15H,2-3,7H2,1H3,(H,18,20)(H,17,19,21). The van der Waals surface area contributed by atoms with Gasteiger partial charge in [0.15, 0.2) is 0 Å². The largest absolute Gasteiger partial charge is 0.347 e. The smallest absolute Gasteiger partial charge is 0.246 e. The molecule has 2 aromatic rings. The summed E-state index contributed by atoms with van der Waals surface area (Å²) in [6, 6.07) is 8.86. The monoisotopic (exact) mass is 285 g/mol. The van der Waals surface area contributed by atoms with Gasteiger partial charge in [-0.15, -0.1) is 0 Å². The minimum atomic E-state index is -0.505. The number of fused-ring (bicyclic) bond motifs is 1. The number of hydrogen-bond acceptors (Lipinski definition) is 3. The molecule has 0 fully saturated rings. The Balaban J connectivity index is 2.17. The summed E-state index contributed by atoms with van der Waals surface area (Å²) in [7, 11) is 0. The van der Waals surface area contributed by atoms with Crippen molar-refractivity contribution in [1.29, 1.82) is 0 Å². The maximum atomic E-state index is 12.3. The van der Waals surface area contributed by atoms with Crippen molar-refractivity contribution in [3.8, 4) is 0 Å². The van der Waals surface area contributed by atoms with Gasteiger partial charge in [-0.2, -0.15) is 0 Å². The Morgan fingerprint density at radius 2 is 2.14 bits per heavy atom. The summed E-state index contributed by atoms with van der Waals surface area (Å²) in [4.78, 5) is 27.2. The van der Waals surface area contributed by atoms with Crippen LogP contribution in [0.1, 0.15) is 26.2 Å². The van der Waals surface area contributed by atoms with E-state index in [4.69, 9.17) is 0 Å². The van der Waals surface area contributed by atoms with Crippen LogP contribution in [0.15, 0.2) is 36.5 Å². The first-order valence-corrected chi connectivity index (χ1v) is 7.10. The molecule has 0 saturated carbocycles. The molecule has 0 aliphatic rings. The fourth-order valence-electron chi connectivity index (χ4n) is 2.21. The minimum Gasteiger partial charge on any atom is -0.347 e. The number of nitrogens with one attached hydrogen (secondary N) is 2. The molecule has 0 aliphatic carbocycles. The van der Waals surface area contributed by atoms with E-state index in [9.17, 15) is 9.59 Å². The molecular formula is C16H19N3O2. The second-order valence-electron chi connectivity index (χ2n) is 4.84. The van der Waals surface area contributed by atoms with E-state index in [0.29, 0.717) is 18.5 Å². The first-order chi connectivity index (χ1) is 10.3. The lowest BCUT2D eigenvalue weighted by Crippen LogP contribution is -2.39. The first kappa shape index (κ1) is 15.0. The number of nitrogens with zero attached hydrogens (tertiary/aromatic N) is 1. The van der Waals surface area contributed by atoms with Crippen LogP contribution in [-0.2, 0) is 9.59 Å². The van der Waals surface area contributed by atoms with Gasteiger partial charge < -0.3 is 10.6 Å². The van der Waals surface area contributed by atoms with Crippen LogP contribution in [0.3, 0.4) is 0 Å². The Morgan fingerprint density at radius 3 is 2.90 bits per heavy atom. The lowest BCUT2D eigenvalue weighted by Gasteiger charge is -2.16. The molecule has 21 heavy (non-hydrogen) atoms. The SMILES string of the molecule is CCCCC(NC=O)C(=O)Nc1ccnc2ccccc12. The summed E-state index contributed by atoms with van der Waals surface area (Å²) < 4.78 is 0. The molecule has 0 spiro atoms. The molecule has 2 N–H and O–H groups in total. The summed E-state index contributed by atoms with van der Waals surface area (Å²) in [6.45, 7) is 2.05. The lowest BCUT2D eigenvalue weighted by molar-refractivity contribution is -0.121. The molecule has 5 heteroatoms. The summed E-state index contributed by atoms with van der Waals surface area (Å²) in [6.07, 6.45) is 4.72. The predicted octanol–water partition coefficient (Wildman–Crippen LogP) is 2.48. The summed E-state index contributed by atoms with van der Waals surface area (Å²) in [5.41, 5.74) is 1.53. The fourth-order valence-corrected chi connectivity index (χ4v) is 2.21. The van der Waals surface area contributed by atoms with Crippen molar-refractivity contribution in [2.45, 2.75) is 32.2 Å². The van der Waals surface area contributed by atoms with E-state index in [1.54, 1.807) is 12.3 Å². The maximum absolute atomic E-state index is 12.3. The predicted molar refractivity (Wildman–Crippen MR) is 82.9 cm³/mol. The normalized spacial score (nSPS) is 11.9. The number of para-hydroxylation sites is 1. The molecular weight excluding hydrogens is 266 g/mol. The van der Waals surface area contributed by atoms with Crippen LogP contribution in [0.2, 0.25) is 0 Å². The van der Waals surface area contributed by atoms with Crippen molar-refractivity contribution in [3.05, 3.63) is 36.5 Å². The Kier molecular flexibility index (Phi) is 5.26. The van der Waals surface area contributed by atoms with E-state index >= 15 is 0 Å². The molecule has 1 unspecified atom stereocenters. The van der Waals surface area contributed by atoms with E-state index in [0.717, 1.165) is 23.7 Å². The number of aromatic nitrogens is 1. The molecule has 1 aromatic carbocycles. The van der Waals surface area contributed by atoms with Crippen LogP contribution >= 0.6 is 0 Å². The number of benzene rings is 1. The second-order valence-corrected chi connectivity index (χ2v) is 4.84. The van der Waals surface area contributed by atoms with Gasteiger partial charge in [0, 0.05) is 11.6 Å². The molecule has 0 aliphatic heterocycles. The third-order valence-electron chi connectivity index (χ3n) is 3.34. The highest BCUT2D eigenvalue weighted by atomic mass is 16.2. The number of pyridine rings is 1. The molecule has 0 saturated heterocycles. The maximum Gasteiger partial charge on any atom is 0.246 e. The molecule has 2 rings (SSSR count). The molecule has 2 amide bonds. The highest BCUT2D eigenvalue weighted by Gasteiger charge is 2.17. The van der Waals surface area contributed by atoms with Crippen molar-refractivity contribution in [1.82, 2.24) is 10.3 Å². The van der Waals surface area contributed by atoms with Gasteiger partial charge in [0.2, 0.25) is 12.3 Å². The zero-order valence-corrected chi connectivity index (χ0v) is 12.0. The molecule has 0 radical (unpaired) electrons. The van der Waals surface area contributed by atoms with Crippen LogP contribution < -0.4 is 10.6 Å². The zero-order chi connectivity index (χ0) is 15.1. The van der Waals surface area contributed by atoms with Gasteiger partial charge in [0.25, 0.3) is 0 Å². The quantitative estimate of drug-likeness (QED) is 0.768. The molecule has 1 heterocycles. The van der Waals surface area contributed by atoms with E-state index in [1.165, 1.54) is 0 Å². The number of carbonyl (C=O) groups is 2. The van der Waals surface area contributed by atoms with Crippen molar-refractivity contribution >= 4 is 28.9 Å². The Bertz CT molecular complexity index is 622. The molecule has 5 nitrogen and oxygen atoms in total. The first-order valence-electron chi connectivity index (χ1n) is 7.10. The van der Waals surface area contributed by atoms with Crippen LogP contribution in [-0.4, -0.2) is 23.3 Å². The highest BCUT2D eigenvalue weighted by molar-refractivity contribution is 6.03. The van der Waals surface area contributed by atoms with E-state index in [2.05, 4.69) is 15.6 Å². The van der Waals surface area contributed by atoms with Crippen LogP contribution in [0.25, 0.3) is 10.9 Å². The second kappa shape index (κ2) is 7.38. The fraction of sp³-hybridized carbons (Fsp3) is 0.312. The van der Waals surface area contributed by atoms with Crippen LogP contribution in [0.4, 0.5) is 5.69 Å². The van der Waals surface area contributed by atoms with Crippen LogP contribution in [0, 0.1) is 0 Å². The molecule has 1 aromatic heterocycles. The van der Waals surface area contributed by atoms with Gasteiger partial charge in [0.05, 0.1) is 11.2 Å². The van der Waals surface area contributed by atoms with Crippen molar-refractivity contribution in [2.75, 3.05) is 5.32 Å². The van der Waals surface area contributed by atoms with Crippen molar-refractivity contribution in [2.24, 2.45) is 0 Å². The summed E-state index contributed by atoms with van der Waals surface area (Å²) in [5.74, 6) is -0.202. The van der Waals surface area contributed by atoms with Gasteiger partial charge >= 0.3 is 0 Å². The van der Waals surface area contributed by atoms with Gasteiger partial charge in [0.1, 0.15) is 6.04 Å². The Hall–Kier alpha value is -2.43. The molecule has 0 bridgehead atoms. The summed E-state index contributed by atoms with van der Waals surface area (Å²) >= 11 is 0. The number of amides is 2. The van der Waals surface area contributed by atoms with Crippen molar-refractivity contribution < 1.29 is 9.59 Å². The topological polar surface area (TPSA) is 71.1 Å². The van der Waals surface area contributed by atoms with Gasteiger partial charge in [-0.25, -0.2) is 0 Å². The minimum absolute atomic E-state index is 0.202. The third-order valence-corrected chi connectivity index (χ3v) is 3.34. The van der Waals surface area contributed by atoms with E-state index < -0.39 is 6.04 Å². The Morgan fingerprint density at radius 1 is 1.33 bits per heavy atom. The van der Waals surface area contributed by atoms with Gasteiger partial charge in [-0.3, -0.25) is 14.6 Å². The van der Waals surface area contributed by atoms with Crippen LogP contribution in [0.5, 0.6) is 0 Å². The third kappa shape index (κ3) is 3.78. The number of hydrogen-bond donors (Lipinski definition) is 2. The van der Waals surface area contributed by atoms with E-state index in [-0.39, 0.29) is 5.91 Å². The average molecular weight is 285 g/mol. The zero-order valence-electron chi connectivity index (χ0n) is 12.0. The molecule has 1 atom stereocenters. The van der Waals surface area contributed by atoms with Crippen molar-refractivity contribution in [3.63, 3.8) is 0 Å². The number of unbranched alkanes of at least 4 members (excludes halogenated alkanes) is 1. The highest BCUT2D eigenvalue weighted by Crippen LogP contribution is 2.21. The number of carbonyl (C=O) groups excluding carboxylic acids is 2. The Labute approximate surface area is 123 Å². The van der Waals surface area contributed by atoms with E-state index in [1.807, 2.05) is 31.2 Å². The molecule has 110 valence electrons. The van der Waals surface area contributed by atoms with Gasteiger partial charge in [-0.05, 0) is 18.6 Å². The number of anilines is 1. The van der Waals surface area contributed by atoms with Gasteiger partial charge in [-0.1, -0.05) is 38.0 Å². The summed E-state index contributed by atoms with van der Waals surface area (Å²) in [5, 5.41) is 6.34. The lowest BCUT2D eigenvalue weighted by atomic mass is 10.1. The average Bonchev–Trinajstić information content (AvgIpc) is 2.51.